The van der Waals surface area contributed by atoms with Crippen LogP contribution in [0.15, 0.2) is 30.3 Å². The molecule has 0 aliphatic carbocycles. The lowest BCUT2D eigenvalue weighted by Gasteiger charge is -2.04. The number of anilines is 2. The van der Waals surface area contributed by atoms with Gasteiger partial charge in [-0.3, -0.25) is 4.79 Å². The molecule has 2 rings (SSSR count). The van der Waals surface area contributed by atoms with Gasteiger partial charge in [-0.05, 0) is 22.6 Å². The van der Waals surface area contributed by atoms with Crippen LogP contribution in [-0.2, 0) is 11.3 Å². The molecule has 0 aliphatic rings. The monoisotopic (exact) mass is 218 g/mol. The number of para-hydroxylation sites is 1. The molecule has 0 saturated heterocycles. The van der Waals surface area contributed by atoms with Crippen LogP contribution in [0.4, 0.5) is 11.6 Å². The van der Waals surface area contributed by atoms with E-state index in [-0.39, 0.29) is 18.4 Å². The number of rotatable bonds is 3. The predicted molar refractivity (Wildman–Crippen MR) is 57.3 cm³/mol. The third kappa shape index (κ3) is 2.32. The second-order valence-electron chi connectivity index (χ2n) is 3.11. The van der Waals surface area contributed by atoms with Crippen LogP contribution < -0.4 is 11.1 Å². The highest BCUT2D eigenvalue weighted by molar-refractivity contribution is 5.90. The number of tetrazole rings is 1. The number of amides is 1. The van der Waals surface area contributed by atoms with E-state index in [1.807, 2.05) is 18.2 Å². The van der Waals surface area contributed by atoms with Crippen molar-refractivity contribution in [3.8, 4) is 0 Å². The van der Waals surface area contributed by atoms with Gasteiger partial charge in [0.1, 0.15) is 6.54 Å². The first-order valence-corrected chi connectivity index (χ1v) is 4.62. The molecule has 1 aromatic heterocycles. The van der Waals surface area contributed by atoms with E-state index < -0.39 is 0 Å². The fourth-order valence-corrected chi connectivity index (χ4v) is 1.18. The summed E-state index contributed by atoms with van der Waals surface area (Å²) in [6.45, 7) is -0.00622. The van der Waals surface area contributed by atoms with Gasteiger partial charge in [-0.25, -0.2) is 4.68 Å². The number of nitrogens with two attached hydrogens (primary N) is 1. The molecule has 1 amide bonds. The first-order valence-electron chi connectivity index (χ1n) is 4.62. The summed E-state index contributed by atoms with van der Waals surface area (Å²) in [7, 11) is 0. The van der Waals surface area contributed by atoms with Gasteiger partial charge < -0.3 is 11.1 Å². The van der Waals surface area contributed by atoms with Crippen molar-refractivity contribution in [3.63, 3.8) is 0 Å². The van der Waals surface area contributed by atoms with Gasteiger partial charge in [-0.2, -0.15) is 0 Å². The number of nitrogens with one attached hydrogen (secondary N) is 1. The average molecular weight is 218 g/mol. The lowest BCUT2D eigenvalue weighted by molar-refractivity contribution is -0.116. The summed E-state index contributed by atoms with van der Waals surface area (Å²) in [5.74, 6) is -0.117. The summed E-state index contributed by atoms with van der Waals surface area (Å²) in [6, 6.07) is 9.12. The Balaban J connectivity index is 1.98. The maximum atomic E-state index is 11.5. The fourth-order valence-electron chi connectivity index (χ4n) is 1.18. The highest BCUT2D eigenvalue weighted by Crippen LogP contribution is 2.05. The summed E-state index contributed by atoms with van der Waals surface area (Å²) in [5, 5.41) is 13.1. The van der Waals surface area contributed by atoms with Crippen molar-refractivity contribution in [1.82, 2.24) is 20.2 Å². The molecule has 3 N–H and O–H groups in total. The van der Waals surface area contributed by atoms with Gasteiger partial charge >= 0.3 is 0 Å². The molecule has 0 saturated carbocycles. The van der Waals surface area contributed by atoms with Crippen molar-refractivity contribution >= 4 is 17.5 Å². The summed E-state index contributed by atoms with van der Waals surface area (Å²) in [4.78, 5) is 11.5. The number of hydrogen-bond acceptors (Lipinski definition) is 5. The number of carbonyl (C=O) groups is 1. The molecule has 0 aliphatic heterocycles. The van der Waals surface area contributed by atoms with Gasteiger partial charge in [0.05, 0.1) is 0 Å². The Morgan fingerprint density at radius 3 is 2.75 bits per heavy atom. The van der Waals surface area contributed by atoms with Crippen LogP contribution in [-0.4, -0.2) is 26.1 Å². The third-order valence-electron chi connectivity index (χ3n) is 1.91. The molecule has 0 unspecified atom stereocenters. The molecular weight excluding hydrogens is 208 g/mol. The first-order chi connectivity index (χ1) is 7.75. The number of nitrogens with zero attached hydrogens (tertiary/aromatic N) is 4. The second kappa shape index (κ2) is 4.39. The minimum absolute atomic E-state index is 0.00622. The molecule has 1 heterocycles. The van der Waals surface area contributed by atoms with Crippen LogP contribution in [0.2, 0.25) is 0 Å². The number of hydrogen-bond donors (Lipinski definition) is 2. The zero-order valence-electron chi connectivity index (χ0n) is 8.37. The smallest absolute Gasteiger partial charge is 0.246 e. The quantitative estimate of drug-likeness (QED) is 0.749. The highest BCUT2D eigenvalue weighted by Gasteiger charge is 2.07. The fraction of sp³-hybridized carbons (Fsp3) is 0.111. The zero-order valence-corrected chi connectivity index (χ0v) is 8.37. The molecule has 0 radical (unpaired) electrons. The Kier molecular flexibility index (Phi) is 2.77. The van der Waals surface area contributed by atoms with Gasteiger partial charge in [0.25, 0.3) is 0 Å². The standard InChI is InChI=1S/C9H10N6O/c10-9-12-13-14-15(9)6-8(16)11-7-4-2-1-3-5-7/h1-5H,6H2,(H,11,16)(H2,10,12,14). The van der Waals surface area contributed by atoms with Gasteiger partial charge in [0, 0.05) is 5.69 Å². The molecule has 82 valence electrons. The van der Waals surface area contributed by atoms with Crippen molar-refractivity contribution < 1.29 is 4.79 Å². The largest absolute Gasteiger partial charge is 0.367 e. The normalized spacial score (nSPS) is 10.0. The van der Waals surface area contributed by atoms with Crippen molar-refractivity contribution in [1.29, 1.82) is 0 Å². The van der Waals surface area contributed by atoms with E-state index in [9.17, 15) is 4.79 Å². The van der Waals surface area contributed by atoms with E-state index in [0.717, 1.165) is 5.69 Å². The van der Waals surface area contributed by atoms with Crippen LogP contribution in [0.1, 0.15) is 0 Å². The Morgan fingerprint density at radius 2 is 2.12 bits per heavy atom. The zero-order chi connectivity index (χ0) is 11.4. The number of benzene rings is 1. The Hall–Kier alpha value is -2.44. The molecule has 16 heavy (non-hydrogen) atoms. The van der Waals surface area contributed by atoms with Gasteiger partial charge in [0.15, 0.2) is 0 Å². The lowest BCUT2D eigenvalue weighted by Crippen LogP contribution is -2.20. The van der Waals surface area contributed by atoms with E-state index in [1.165, 1.54) is 4.68 Å². The SMILES string of the molecule is Nc1nnnn1CC(=O)Nc1ccccc1. The van der Waals surface area contributed by atoms with Crippen LogP contribution in [0.5, 0.6) is 0 Å². The molecule has 7 nitrogen and oxygen atoms in total. The summed E-state index contributed by atoms with van der Waals surface area (Å²) in [5.41, 5.74) is 6.15. The van der Waals surface area contributed by atoms with E-state index >= 15 is 0 Å². The topological polar surface area (TPSA) is 98.7 Å². The Bertz CT molecular complexity index is 480. The maximum Gasteiger partial charge on any atom is 0.246 e. The number of aromatic nitrogens is 4. The second-order valence-corrected chi connectivity index (χ2v) is 3.11. The Labute approximate surface area is 91.3 Å². The van der Waals surface area contributed by atoms with Crippen LogP contribution in [0, 0.1) is 0 Å². The molecule has 2 aromatic rings. The van der Waals surface area contributed by atoms with Crippen molar-refractivity contribution in [2.24, 2.45) is 0 Å². The Morgan fingerprint density at radius 1 is 1.38 bits per heavy atom. The van der Waals surface area contributed by atoms with Gasteiger partial charge in [0.2, 0.25) is 11.9 Å². The summed E-state index contributed by atoms with van der Waals surface area (Å²) >= 11 is 0. The molecule has 1 aromatic carbocycles. The van der Waals surface area contributed by atoms with Crippen LogP contribution >= 0.6 is 0 Å². The van der Waals surface area contributed by atoms with E-state index in [4.69, 9.17) is 5.73 Å². The molecule has 7 heteroatoms. The predicted octanol–water partition coefficient (Wildman–Crippen LogP) is -0.106. The van der Waals surface area contributed by atoms with Crippen molar-refractivity contribution in [2.75, 3.05) is 11.1 Å². The average Bonchev–Trinajstić information content (AvgIpc) is 2.66. The molecule has 0 bridgehead atoms. The number of nitrogen functional groups attached to an aromatic ring is 1. The molecule has 0 atom stereocenters. The van der Waals surface area contributed by atoms with Gasteiger partial charge in [-0.1, -0.05) is 23.3 Å². The maximum absolute atomic E-state index is 11.5. The summed E-state index contributed by atoms with van der Waals surface area (Å²) in [6.07, 6.45) is 0. The van der Waals surface area contributed by atoms with Crippen LogP contribution in [0.25, 0.3) is 0 Å². The number of carbonyl (C=O) groups excluding carboxylic acids is 1. The molecular formula is C9H10N6O. The lowest BCUT2D eigenvalue weighted by atomic mass is 10.3. The minimum atomic E-state index is -0.231. The molecule has 0 fully saturated rings. The van der Waals surface area contributed by atoms with Gasteiger partial charge in [-0.15, -0.1) is 0 Å². The van der Waals surface area contributed by atoms with E-state index in [1.54, 1.807) is 12.1 Å². The van der Waals surface area contributed by atoms with Crippen molar-refractivity contribution in [2.45, 2.75) is 6.54 Å². The van der Waals surface area contributed by atoms with E-state index in [0.29, 0.717) is 0 Å². The first kappa shape index (κ1) is 10.1. The highest BCUT2D eigenvalue weighted by atomic mass is 16.2. The van der Waals surface area contributed by atoms with Crippen LogP contribution in [0.3, 0.4) is 0 Å². The van der Waals surface area contributed by atoms with E-state index in [2.05, 4.69) is 20.8 Å². The minimum Gasteiger partial charge on any atom is -0.367 e. The molecule has 0 spiro atoms. The van der Waals surface area contributed by atoms with Crippen molar-refractivity contribution in [3.05, 3.63) is 30.3 Å². The third-order valence-corrected chi connectivity index (χ3v) is 1.91. The summed E-state index contributed by atoms with van der Waals surface area (Å²) < 4.78 is 1.22.